The van der Waals surface area contributed by atoms with Crippen LogP contribution in [0.4, 0.5) is 5.95 Å². The standard InChI is InChI=1S/C8H12ClN3/c1-12-5-4-10-7(12)11-8(6-9)2-3-8/h4-5H,2-3,6H2,1H3,(H,10,11). The summed E-state index contributed by atoms with van der Waals surface area (Å²) in [6.07, 6.45) is 6.02. The van der Waals surface area contributed by atoms with Crippen molar-refractivity contribution >= 4 is 17.5 Å². The van der Waals surface area contributed by atoms with Gasteiger partial charge < -0.3 is 9.88 Å². The summed E-state index contributed by atoms with van der Waals surface area (Å²) in [4.78, 5) is 4.18. The molecule has 1 fully saturated rings. The van der Waals surface area contributed by atoms with E-state index in [2.05, 4.69) is 10.3 Å². The number of halogens is 1. The summed E-state index contributed by atoms with van der Waals surface area (Å²) < 4.78 is 1.96. The lowest BCUT2D eigenvalue weighted by Gasteiger charge is -2.14. The Morgan fingerprint density at radius 1 is 1.75 bits per heavy atom. The highest BCUT2D eigenvalue weighted by Crippen LogP contribution is 2.39. The third-order valence-electron chi connectivity index (χ3n) is 2.31. The van der Waals surface area contributed by atoms with Gasteiger partial charge in [0.2, 0.25) is 5.95 Å². The number of imidazole rings is 1. The summed E-state index contributed by atoms with van der Waals surface area (Å²) in [5.74, 6) is 1.58. The van der Waals surface area contributed by atoms with Crippen molar-refractivity contribution < 1.29 is 0 Å². The van der Waals surface area contributed by atoms with Crippen LogP contribution in [-0.2, 0) is 7.05 Å². The molecule has 1 aromatic heterocycles. The van der Waals surface area contributed by atoms with Gasteiger partial charge in [-0.1, -0.05) is 0 Å². The highest BCUT2D eigenvalue weighted by molar-refractivity contribution is 6.19. The van der Waals surface area contributed by atoms with E-state index in [9.17, 15) is 0 Å². The molecule has 0 saturated heterocycles. The predicted octanol–water partition coefficient (Wildman–Crippen LogP) is 1.60. The number of nitrogens with zero attached hydrogens (tertiary/aromatic N) is 2. The molecule has 1 aromatic rings. The molecule has 2 rings (SSSR count). The van der Waals surface area contributed by atoms with Crippen LogP contribution in [0.15, 0.2) is 12.4 Å². The number of rotatable bonds is 3. The third kappa shape index (κ3) is 1.29. The molecule has 1 aliphatic carbocycles. The molecule has 4 heteroatoms. The van der Waals surface area contributed by atoms with Gasteiger partial charge in [-0.05, 0) is 12.8 Å². The number of aromatic nitrogens is 2. The summed E-state index contributed by atoms with van der Waals surface area (Å²) in [6, 6.07) is 0. The van der Waals surface area contributed by atoms with Crippen LogP contribution in [0, 0.1) is 0 Å². The van der Waals surface area contributed by atoms with E-state index in [1.54, 1.807) is 6.20 Å². The van der Waals surface area contributed by atoms with Crippen molar-refractivity contribution in [3.63, 3.8) is 0 Å². The Labute approximate surface area is 76.7 Å². The summed E-state index contributed by atoms with van der Waals surface area (Å²) in [5.41, 5.74) is 0.140. The van der Waals surface area contributed by atoms with E-state index >= 15 is 0 Å². The fourth-order valence-electron chi connectivity index (χ4n) is 1.17. The van der Waals surface area contributed by atoms with Gasteiger partial charge in [-0.2, -0.15) is 0 Å². The van der Waals surface area contributed by atoms with Gasteiger partial charge in [-0.3, -0.25) is 0 Å². The average Bonchev–Trinajstić information content (AvgIpc) is 2.74. The lowest BCUT2D eigenvalue weighted by molar-refractivity contribution is 0.791. The molecule has 0 unspecified atom stereocenters. The van der Waals surface area contributed by atoms with Gasteiger partial charge >= 0.3 is 0 Å². The molecule has 0 bridgehead atoms. The minimum atomic E-state index is 0.140. The molecule has 1 N–H and O–H groups in total. The Bertz CT molecular complexity index is 278. The molecule has 0 aliphatic heterocycles. The SMILES string of the molecule is Cn1ccnc1NC1(CCl)CC1. The Kier molecular flexibility index (Phi) is 1.76. The smallest absolute Gasteiger partial charge is 0.202 e. The van der Waals surface area contributed by atoms with Crippen molar-refractivity contribution in [2.24, 2.45) is 7.05 Å². The lowest BCUT2D eigenvalue weighted by atomic mass is 10.3. The highest BCUT2D eigenvalue weighted by atomic mass is 35.5. The molecule has 0 spiro atoms. The second-order valence-electron chi connectivity index (χ2n) is 3.40. The van der Waals surface area contributed by atoms with Gasteiger partial charge in [-0.25, -0.2) is 4.98 Å². The van der Waals surface area contributed by atoms with E-state index in [-0.39, 0.29) is 5.54 Å². The molecule has 0 aromatic carbocycles. The summed E-state index contributed by atoms with van der Waals surface area (Å²) in [5, 5.41) is 3.35. The van der Waals surface area contributed by atoms with Crippen LogP contribution in [0.2, 0.25) is 0 Å². The van der Waals surface area contributed by atoms with E-state index < -0.39 is 0 Å². The number of nitrogens with one attached hydrogen (secondary N) is 1. The number of hydrogen-bond acceptors (Lipinski definition) is 2. The minimum Gasteiger partial charge on any atom is -0.349 e. The van der Waals surface area contributed by atoms with Gasteiger partial charge in [-0.15, -0.1) is 11.6 Å². The maximum absolute atomic E-state index is 5.83. The minimum absolute atomic E-state index is 0.140. The molecule has 1 saturated carbocycles. The monoisotopic (exact) mass is 185 g/mol. The van der Waals surface area contributed by atoms with Crippen LogP contribution in [0.5, 0.6) is 0 Å². The average molecular weight is 186 g/mol. The van der Waals surface area contributed by atoms with Crippen LogP contribution < -0.4 is 5.32 Å². The van der Waals surface area contributed by atoms with Gasteiger partial charge in [0.05, 0.1) is 5.54 Å². The van der Waals surface area contributed by atoms with Crippen LogP contribution >= 0.6 is 11.6 Å². The zero-order valence-electron chi connectivity index (χ0n) is 7.05. The molecule has 1 heterocycles. The zero-order valence-corrected chi connectivity index (χ0v) is 7.80. The second kappa shape index (κ2) is 2.66. The number of hydrogen-bond donors (Lipinski definition) is 1. The summed E-state index contributed by atoms with van der Waals surface area (Å²) >= 11 is 5.83. The number of anilines is 1. The largest absolute Gasteiger partial charge is 0.349 e. The molecule has 0 radical (unpaired) electrons. The first kappa shape index (κ1) is 7.92. The van der Waals surface area contributed by atoms with E-state index in [0.29, 0.717) is 5.88 Å². The maximum atomic E-state index is 5.83. The quantitative estimate of drug-likeness (QED) is 0.726. The summed E-state index contributed by atoms with van der Waals surface area (Å²) in [7, 11) is 1.97. The maximum Gasteiger partial charge on any atom is 0.202 e. The van der Waals surface area contributed by atoms with E-state index in [1.807, 2.05) is 17.8 Å². The van der Waals surface area contributed by atoms with Gasteiger partial charge in [0.1, 0.15) is 0 Å². The van der Waals surface area contributed by atoms with Crippen molar-refractivity contribution in [2.75, 3.05) is 11.2 Å². The third-order valence-corrected chi connectivity index (χ3v) is 2.82. The van der Waals surface area contributed by atoms with E-state index in [1.165, 1.54) is 0 Å². The summed E-state index contributed by atoms with van der Waals surface area (Å²) in [6.45, 7) is 0. The van der Waals surface area contributed by atoms with E-state index in [0.717, 1.165) is 18.8 Å². The molecule has 1 aliphatic rings. The van der Waals surface area contributed by atoms with Crippen molar-refractivity contribution in [2.45, 2.75) is 18.4 Å². The van der Waals surface area contributed by atoms with Crippen LogP contribution in [0.3, 0.4) is 0 Å². The number of alkyl halides is 1. The van der Waals surface area contributed by atoms with Crippen LogP contribution in [-0.4, -0.2) is 21.0 Å². The first-order chi connectivity index (χ1) is 5.76. The van der Waals surface area contributed by atoms with Crippen molar-refractivity contribution in [1.29, 1.82) is 0 Å². The molecule has 12 heavy (non-hydrogen) atoms. The zero-order chi connectivity index (χ0) is 8.60. The second-order valence-corrected chi connectivity index (χ2v) is 3.67. The Hall–Kier alpha value is -0.700. The van der Waals surface area contributed by atoms with Crippen LogP contribution in [0.25, 0.3) is 0 Å². The fourth-order valence-corrected chi connectivity index (χ4v) is 1.50. The Morgan fingerprint density at radius 2 is 2.50 bits per heavy atom. The first-order valence-electron chi connectivity index (χ1n) is 4.07. The van der Waals surface area contributed by atoms with Crippen molar-refractivity contribution in [1.82, 2.24) is 9.55 Å². The van der Waals surface area contributed by atoms with Gasteiger partial charge in [0.15, 0.2) is 0 Å². The Balaban J connectivity index is 2.08. The molecule has 0 atom stereocenters. The van der Waals surface area contributed by atoms with Gasteiger partial charge in [0.25, 0.3) is 0 Å². The van der Waals surface area contributed by atoms with Crippen molar-refractivity contribution in [3.05, 3.63) is 12.4 Å². The lowest BCUT2D eigenvalue weighted by Crippen LogP contribution is -2.24. The Morgan fingerprint density at radius 3 is 2.92 bits per heavy atom. The van der Waals surface area contributed by atoms with Crippen molar-refractivity contribution in [3.8, 4) is 0 Å². The molecule has 66 valence electrons. The molecular formula is C8H12ClN3. The molecule has 0 amide bonds. The van der Waals surface area contributed by atoms with E-state index in [4.69, 9.17) is 11.6 Å². The molecule has 3 nitrogen and oxygen atoms in total. The van der Waals surface area contributed by atoms with Crippen LogP contribution in [0.1, 0.15) is 12.8 Å². The normalized spacial score (nSPS) is 19.2. The molecular weight excluding hydrogens is 174 g/mol. The number of aryl methyl sites for hydroxylation is 1. The predicted molar refractivity (Wildman–Crippen MR) is 49.5 cm³/mol. The highest BCUT2D eigenvalue weighted by Gasteiger charge is 2.42. The van der Waals surface area contributed by atoms with Gasteiger partial charge in [0, 0.05) is 25.3 Å². The first-order valence-corrected chi connectivity index (χ1v) is 4.61. The fraction of sp³-hybridized carbons (Fsp3) is 0.625. The topological polar surface area (TPSA) is 29.9 Å².